The summed E-state index contributed by atoms with van der Waals surface area (Å²) in [5, 5.41) is -2.52. The maximum absolute atomic E-state index is 14.8. The molecule has 25 heteroatoms. The van der Waals surface area contributed by atoms with Crippen molar-refractivity contribution in [3.05, 3.63) is 47.0 Å². The Bertz CT molecular complexity index is 1480. The van der Waals surface area contributed by atoms with E-state index in [1.807, 2.05) is 0 Å². The van der Waals surface area contributed by atoms with Crippen molar-refractivity contribution in [3.63, 3.8) is 0 Å². The molecule has 50 heavy (non-hydrogen) atoms. The molecule has 0 saturated heterocycles. The summed E-state index contributed by atoms with van der Waals surface area (Å²) in [4.78, 5) is 0. The van der Waals surface area contributed by atoms with Gasteiger partial charge in [-0.3, -0.25) is 0 Å². The Labute approximate surface area is 304 Å². The Kier molecular flexibility index (Phi) is 13.5. The molecule has 0 N–H and O–H groups in total. The topological polar surface area (TPSA) is 0 Å². The molecule has 0 aliphatic carbocycles. The molecule has 2 aromatic carbocycles. The van der Waals surface area contributed by atoms with Crippen LogP contribution in [0.5, 0.6) is 0 Å². The minimum absolute atomic E-state index is 0. The number of fused-ring (bicyclic) bond motifs is 1. The Hall–Kier alpha value is -1.34. The van der Waals surface area contributed by atoms with Crippen molar-refractivity contribution < 1.29 is 105 Å². The van der Waals surface area contributed by atoms with Crippen molar-refractivity contribution in [2.75, 3.05) is 0 Å². The van der Waals surface area contributed by atoms with Crippen LogP contribution in [0.4, 0.5) is 105 Å². The third-order valence-electron chi connectivity index (χ3n) is 7.03. The third kappa shape index (κ3) is 7.66. The molecule has 1 radical (unpaired) electrons. The molecule has 0 unspecified atom stereocenters. The van der Waals surface area contributed by atoms with Crippen molar-refractivity contribution in [2.45, 2.75) is 91.8 Å². The second-order valence-electron chi connectivity index (χ2n) is 10.4. The molecule has 0 nitrogen and oxygen atoms in total. The summed E-state index contributed by atoms with van der Waals surface area (Å²) in [6.07, 6.45) is -27.5. The molecule has 0 aromatic heterocycles. The van der Waals surface area contributed by atoms with Gasteiger partial charge in [0.25, 0.3) is 0 Å². The molecule has 2 aromatic rings. The van der Waals surface area contributed by atoms with E-state index in [0.29, 0.717) is 18.2 Å². The maximum Gasteiger partial charge on any atom is 0.378 e. The summed E-state index contributed by atoms with van der Waals surface area (Å²) in [7, 11) is 0. The van der Waals surface area contributed by atoms with Gasteiger partial charge in [0.2, 0.25) is 0 Å². The van der Waals surface area contributed by atoms with E-state index in [1.54, 1.807) is 0 Å². The average Bonchev–Trinajstić information content (AvgIpc) is 2.93. The van der Waals surface area contributed by atoms with E-state index in [9.17, 15) is 105 Å². The summed E-state index contributed by atoms with van der Waals surface area (Å²) in [6, 6.07) is 1.71. The number of hydrogen-bond donors (Lipinski definition) is 0. The summed E-state index contributed by atoms with van der Waals surface area (Å²) in [5.41, 5.74) is -7.42. The van der Waals surface area contributed by atoms with E-state index in [-0.39, 0.29) is 63.5 Å². The predicted molar refractivity (Wildman–Crippen MR) is 123 cm³/mol. The molecule has 0 fully saturated rings. The fourth-order valence-corrected chi connectivity index (χ4v) is 4.27. The molecule has 0 aliphatic heterocycles. The monoisotopic (exact) mass is 809 g/mol. The van der Waals surface area contributed by atoms with E-state index >= 15 is 0 Å². The van der Waals surface area contributed by atoms with E-state index in [0.717, 1.165) is 0 Å². The molecular formula is C25H14F24K. The van der Waals surface area contributed by atoms with Gasteiger partial charge in [0, 0.05) is 70.6 Å². The van der Waals surface area contributed by atoms with Crippen LogP contribution in [0.2, 0.25) is 0 Å². The summed E-state index contributed by atoms with van der Waals surface area (Å²) in [5.74, 6) is -63.7. The Balaban J connectivity index is 0.0000125. The normalized spacial score (nSPS) is 15.0. The van der Waals surface area contributed by atoms with Crippen molar-refractivity contribution >= 4 is 62.2 Å². The molecule has 0 saturated carbocycles. The average molecular weight is 809 g/mol. The van der Waals surface area contributed by atoms with Gasteiger partial charge >= 0.3 is 72.6 Å². The zero-order chi connectivity index (χ0) is 38.8. The molecule has 0 atom stereocenters. The van der Waals surface area contributed by atoms with Crippen LogP contribution in [0.3, 0.4) is 0 Å². The van der Waals surface area contributed by atoms with E-state index in [4.69, 9.17) is 0 Å². The fourth-order valence-electron chi connectivity index (χ4n) is 4.27. The van der Waals surface area contributed by atoms with Crippen LogP contribution in [0.15, 0.2) is 30.3 Å². The second-order valence-corrected chi connectivity index (χ2v) is 10.4. The van der Waals surface area contributed by atoms with Gasteiger partial charge in [-0.15, -0.1) is 0 Å². The quantitative estimate of drug-likeness (QED) is 0.124. The third-order valence-corrected chi connectivity index (χ3v) is 7.03. The van der Waals surface area contributed by atoms with Gasteiger partial charge in [-0.05, 0) is 27.5 Å². The van der Waals surface area contributed by atoms with Crippen LogP contribution in [0.25, 0.3) is 10.8 Å². The molecule has 0 spiro atoms. The van der Waals surface area contributed by atoms with E-state index in [2.05, 4.69) is 0 Å². The standard InChI is InChI=1S/C25H14F24.K/c26-14(27)20(38,39)23(44,45)17(32,33)6-10-5-9-3-1-2-4-11(9)13(8-19(36,37)25(48,49)22(42,43)16(30)31)12(10)7-18(34,35)24(46,47)21(40,41)15(28)29;/h1-5,14-16H,6-8H2;. The van der Waals surface area contributed by atoms with Gasteiger partial charge in [-0.2, -0.15) is 79.0 Å². The van der Waals surface area contributed by atoms with Gasteiger partial charge in [-0.25, -0.2) is 26.3 Å². The summed E-state index contributed by atoms with van der Waals surface area (Å²) in [6.45, 7) is 0. The first-order valence-corrected chi connectivity index (χ1v) is 12.4. The van der Waals surface area contributed by atoms with Crippen molar-refractivity contribution in [3.8, 4) is 0 Å². The predicted octanol–water partition coefficient (Wildman–Crippen LogP) is 10.6. The van der Waals surface area contributed by atoms with Gasteiger partial charge in [0.1, 0.15) is 0 Å². The molecule has 0 aliphatic rings. The van der Waals surface area contributed by atoms with Crippen molar-refractivity contribution in [1.29, 1.82) is 0 Å². The number of hydrogen-bond acceptors (Lipinski definition) is 0. The van der Waals surface area contributed by atoms with Crippen LogP contribution < -0.4 is 0 Å². The second kappa shape index (κ2) is 14.5. The minimum Gasteiger partial charge on any atom is -0.203 e. The van der Waals surface area contributed by atoms with E-state index in [1.165, 1.54) is 0 Å². The molecule has 0 heterocycles. The first-order chi connectivity index (χ1) is 21.6. The van der Waals surface area contributed by atoms with Crippen LogP contribution >= 0.6 is 0 Å². The number of benzene rings is 2. The van der Waals surface area contributed by atoms with Crippen LogP contribution in [-0.4, -0.2) is 124 Å². The molecule has 0 amide bonds. The van der Waals surface area contributed by atoms with Gasteiger partial charge in [-0.1, -0.05) is 30.3 Å². The maximum atomic E-state index is 14.8. The minimum atomic E-state index is -7.42. The molecule has 2 rings (SSSR count). The van der Waals surface area contributed by atoms with Crippen molar-refractivity contribution in [2.24, 2.45) is 0 Å². The zero-order valence-corrected chi connectivity index (χ0v) is 26.9. The summed E-state index contributed by atoms with van der Waals surface area (Å²) >= 11 is 0. The first-order valence-electron chi connectivity index (χ1n) is 12.4. The van der Waals surface area contributed by atoms with Crippen LogP contribution in [0.1, 0.15) is 16.7 Å². The largest absolute Gasteiger partial charge is 0.378 e. The Morgan fingerprint density at radius 2 is 0.720 bits per heavy atom. The summed E-state index contributed by atoms with van der Waals surface area (Å²) < 4.78 is 330. The van der Waals surface area contributed by atoms with Gasteiger partial charge in [0.15, 0.2) is 0 Å². The first kappa shape index (κ1) is 46.7. The van der Waals surface area contributed by atoms with Crippen molar-refractivity contribution in [1.82, 2.24) is 0 Å². The van der Waals surface area contributed by atoms with Crippen LogP contribution in [0, 0.1) is 0 Å². The molecular weight excluding hydrogens is 795 g/mol. The van der Waals surface area contributed by atoms with E-state index < -0.39 is 119 Å². The smallest absolute Gasteiger partial charge is 0.203 e. The Morgan fingerprint density at radius 1 is 0.420 bits per heavy atom. The Morgan fingerprint density at radius 3 is 1.06 bits per heavy atom. The number of rotatable bonds is 15. The SMILES string of the molecule is FC(F)C(F)(F)C(F)(F)C(F)(F)Cc1cc2ccccc2c(CC(F)(F)C(F)(F)C(F)(F)C(F)F)c1CC(F)(F)C(F)(F)C(F)(F)C(F)F.[K]. The van der Waals surface area contributed by atoms with Gasteiger partial charge in [0.05, 0.1) is 0 Å². The fraction of sp³-hybridized carbons (Fsp3) is 0.600. The molecule has 283 valence electrons. The van der Waals surface area contributed by atoms with Crippen LogP contribution in [-0.2, 0) is 19.3 Å². The number of halogens is 24. The number of alkyl halides is 24. The van der Waals surface area contributed by atoms with Gasteiger partial charge < -0.3 is 0 Å². The molecule has 0 bridgehead atoms. The zero-order valence-electron chi connectivity index (χ0n) is 23.8.